The molecule has 0 unspecified atom stereocenters. The third-order valence-electron chi connectivity index (χ3n) is 5.00. The summed E-state index contributed by atoms with van der Waals surface area (Å²) in [7, 11) is -3.65. The van der Waals surface area contributed by atoms with E-state index in [1.807, 2.05) is 35.2 Å². The molecule has 1 saturated heterocycles. The van der Waals surface area contributed by atoms with Crippen LogP contribution in [0.25, 0.3) is 0 Å². The molecule has 2 aromatic carbocycles. The summed E-state index contributed by atoms with van der Waals surface area (Å²) in [5.41, 5.74) is 1.96. The summed E-state index contributed by atoms with van der Waals surface area (Å²) in [6.07, 6.45) is 1.97. The Labute approximate surface area is 188 Å². The monoisotopic (exact) mass is 464 g/mol. The highest BCUT2D eigenvalue weighted by molar-refractivity contribution is 7.93. The van der Waals surface area contributed by atoms with Gasteiger partial charge in [-0.3, -0.25) is 9.52 Å². The minimum absolute atomic E-state index is 0. The molecule has 1 aliphatic heterocycles. The SMILES string of the molecule is O.O=C(Cc1ccccc1)N1CCN(c2ccc(S(=O)(=O)Nc3nccs3)cc2)CC1.[HH].[HH]. The van der Waals surface area contributed by atoms with Gasteiger partial charge in [0.2, 0.25) is 5.91 Å². The number of nitrogens with one attached hydrogen (secondary N) is 1. The quantitative estimate of drug-likeness (QED) is 0.602. The molecule has 0 aliphatic carbocycles. The molecular weight excluding hydrogens is 436 g/mol. The number of hydrogen-bond donors (Lipinski definition) is 1. The summed E-state index contributed by atoms with van der Waals surface area (Å²) in [5.74, 6) is 0.135. The summed E-state index contributed by atoms with van der Waals surface area (Å²) in [6, 6.07) is 16.6. The first-order valence-corrected chi connectivity index (χ1v) is 12.0. The van der Waals surface area contributed by atoms with Crippen molar-refractivity contribution >= 4 is 38.1 Å². The van der Waals surface area contributed by atoms with Crippen LogP contribution in [0.15, 0.2) is 71.1 Å². The number of benzene rings is 2. The minimum atomic E-state index is -3.65. The second-order valence-corrected chi connectivity index (χ2v) is 9.54. The van der Waals surface area contributed by atoms with Gasteiger partial charge in [-0.1, -0.05) is 30.3 Å². The van der Waals surface area contributed by atoms with Crippen LogP contribution >= 0.6 is 11.3 Å². The average Bonchev–Trinajstić information content (AvgIpc) is 3.27. The average molecular weight is 465 g/mol. The fourth-order valence-corrected chi connectivity index (χ4v) is 5.17. The Morgan fingerprint density at radius 3 is 2.32 bits per heavy atom. The van der Waals surface area contributed by atoms with Crippen molar-refractivity contribution in [3.63, 3.8) is 0 Å². The van der Waals surface area contributed by atoms with Crippen molar-refractivity contribution in [2.24, 2.45) is 0 Å². The summed E-state index contributed by atoms with van der Waals surface area (Å²) in [6.45, 7) is 2.72. The maximum Gasteiger partial charge on any atom is 0.263 e. The molecule has 2 heterocycles. The zero-order valence-corrected chi connectivity index (χ0v) is 18.4. The van der Waals surface area contributed by atoms with Gasteiger partial charge in [0.15, 0.2) is 5.13 Å². The molecule has 3 aromatic rings. The zero-order chi connectivity index (χ0) is 21.0. The largest absolute Gasteiger partial charge is 0.412 e. The van der Waals surface area contributed by atoms with Crippen LogP contribution in [0.5, 0.6) is 0 Å². The smallest absolute Gasteiger partial charge is 0.263 e. The van der Waals surface area contributed by atoms with Gasteiger partial charge in [0, 0.05) is 46.3 Å². The van der Waals surface area contributed by atoms with Crippen molar-refractivity contribution in [3.8, 4) is 0 Å². The third-order valence-corrected chi connectivity index (χ3v) is 7.17. The number of rotatable bonds is 6. The molecule has 1 aromatic heterocycles. The van der Waals surface area contributed by atoms with Crippen molar-refractivity contribution in [1.29, 1.82) is 0 Å². The minimum Gasteiger partial charge on any atom is -0.412 e. The highest BCUT2D eigenvalue weighted by Crippen LogP contribution is 2.22. The molecule has 3 N–H and O–H groups in total. The van der Waals surface area contributed by atoms with E-state index in [0.29, 0.717) is 37.7 Å². The van der Waals surface area contributed by atoms with Crippen molar-refractivity contribution in [2.45, 2.75) is 11.3 Å². The van der Waals surface area contributed by atoms with Gasteiger partial charge in [-0.15, -0.1) is 11.3 Å². The van der Waals surface area contributed by atoms with Crippen LogP contribution < -0.4 is 9.62 Å². The van der Waals surface area contributed by atoms with E-state index in [0.717, 1.165) is 11.3 Å². The molecule has 0 atom stereocenters. The van der Waals surface area contributed by atoms with Crippen molar-refractivity contribution in [1.82, 2.24) is 9.88 Å². The molecule has 10 heteroatoms. The lowest BCUT2D eigenvalue weighted by molar-refractivity contribution is -0.130. The molecule has 31 heavy (non-hydrogen) atoms. The van der Waals surface area contributed by atoms with Gasteiger partial charge in [0.05, 0.1) is 11.3 Å². The van der Waals surface area contributed by atoms with E-state index in [9.17, 15) is 13.2 Å². The van der Waals surface area contributed by atoms with Crippen LogP contribution in [0.3, 0.4) is 0 Å². The lowest BCUT2D eigenvalue weighted by Crippen LogP contribution is -2.49. The van der Waals surface area contributed by atoms with E-state index in [2.05, 4.69) is 14.6 Å². The molecular formula is C21H28N4O4S2. The van der Waals surface area contributed by atoms with Crippen LogP contribution in [0, 0.1) is 0 Å². The molecule has 8 nitrogen and oxygen atoms in total. The Bertz CT molecular complexity index is 1090. The number of anilines is 2. The lowest BCUT2D eigenvalue weighted by atomic mass is 10.1. The number of hydrogen-bond acceptors (Lipinski definition) is 6. The Kier molecular flexibility index (Phi) is 7.26. The number of amides is 1. The first-order valence-electron chi connectivity index (χ1n) is 9.60. The van der Waals surface area contributed by atoms with Crippen LogP contribution in [-0.2, 0) is 21.2 Å². The van der Waals surface area contributed by atoms with E-state index in [4.69, 9.17) is 0 Å². The molecule has 168 valence electrons. The van der Waals surface area contributed by atoms with Gasteiger partial charge >= 0.3 is 0 Å². The summed E-state index contributed by atoms with van der Waals surface area (Å²) < 4.78 is 27.4. The molecule has 1 amide bonds. The third kappa shape index (κ3) is 5.60. The molecule has 1 fully saturated rings. The Balaban J connectivity index is 0.00000181. The number of nitrogens with zero attached hydrogens (tertiary/aromatic N) is 3. The van der Waals surface area contributed by atoms with Gasteiger partial charge in [0.1, 0.15) is 0 Å². The molecule has 0 bridgehead atoms. The number of thiazole rings is 1. The van der Waals surface area contributed by atoms with Crippen LogP contribution in [-0.4, -0.2) is 55.9 Å². The normalized spacial score (nSPS) is 14.1. The number of piperazine rings is 1. The van der Waals surface area contributed by atoms with Gasteiger partial charge in [0.25, 0.3) is 10.0 Å². The molecule has 0 spiro atoms. The lowest BCUT2D eigenvalue weighted by Gasteiger charge is -2.36. The highest BCUT2D eigenvalue weighted by Gasteiger charge is 2.22. The molecule has 1 aliphatic rings. The Morgan fingerprint density at radius 2 is 1.71 bits per heavy atom. The predicted octanol–water partition coefficient (Wildman–Crippen LogP) is 2.50. The van der Waals surface area contributed by atoms with Gasteiger partial charge < -0.3 is 15.3 Å². The maximum absolute atomic E-state index is 12.5. The first-order chi connectivity index (χ1) is 14.5. The van der Waals surface area contributed by atoms with Gasteiger partial charge in [-0.25, -0.2) is 13.4 Å². The van der Waals surface area contributed by atoms with Crippen LogP contribution in [0.1, 0.15) is 8.42 Å². The fourth-order valence-electron chi connectivity index (χ4n) is 3.38. The van der Waals surface area contributed by atoms with Crippen LogP contribution in [0.4, 0.5) is 10.8 Å². The molecule has 4 rings (SSSR count). The van der Waals surface area contributed by atoms with Gasteiger partial charge in [-0.05, 0) is 29.8 Å². The number of sulfonamides is 1. The van der Waals surface area contributed by atoms with Crippen molar-refractivity contribution < 1.29 is 21.5 Å². The fraction of sp³-hybridized carbons (Fsp3) is 0.238. The van der Waals surface area contributed by atoms with E-state index in [-0.39, 0.29) is 19.1 Å². The van der Waals surface area contributed by atoms with Gasteiger partial charge in [-0.2, -0.15) is 0 Å². The summed E-state index contributed by atoms with van der Waals surface area (Å²) in [4.78, 5) is 20.7. The second-order valence-electron chi connectivity index (χ2n) is 6.97. The first kappa shape index (κ1) is 22.7. The van der Waals surface area contributed by atoms with E-state index >= 15 is 0 Å². The molecule has 0 radical (unpaired) electrons. The van der Waals surface area contributed by atoms with Crippen LogP contribution in [0.2, 0.25) is 0 Å². The van der Waals surface area contributed by atoms with Crippen molar-refractivity contribution in [2.75, 3.05) is 35.8 Å². The predicted molar refractivity (Wildman–Crippen MR) is 126 cm³/mol. The highest BCUT2D eigenvalue weighted by atomic mass is 32.2. The Morgan fingerprint density at radius 1 is 1.03 bits per heavy atom. The number of carbonyl (C=O) groups excluding carboxylic acids is 1. The molecule has 0 saturated carbocycles. The Hall–Kier alpha value is -2.95. The second kappa shape index (κ2) is 9.90. The number of aromatic nitrogens is 1. The summed E-state index contributed by atoms with van der Waals surface area (Å²) >= 11 is 1.23. The van der Waals surface area contributed by atoms with Crippen molar-refractivity contribution in [3.05, 3.63) is 71.7 Å². The van der Waals surface area contributed by atoms with E-state index < -0.39 is 10.0 Å². The number of carbonyl (C=O) groups is 1. The zero-order valence-electron chi connectivity index (χ0n) is 16.8. The van der Waals surface area contributed by atoms with E-state index in [1.165, 1.54) is 11.3 Å². The standard InChI is InChI=1S/C21H22N4O3S2.H2O.2H2/c26-20(16-17-4-2-1-3-5-17)25-13-11-24(12-14-25)18-6-8-19(9-7-18)30(27,28)23-21-22-10-15-29-21;;;/h1-10,15H,11-14,16H2,(H,22,23);1H2;2*1H. The van der Waals surface area contributed by atoms with E-state index in [1.54, 1.807) is 35.8 Å². The summed E-state index contributed by atoms with van der Waals surface area (Å²) in [5, 5.41) is 2.06. The topological polar surface area (TPSA) is 114 Å². The maximum atomic E-state index is 12.5.